The van der Waals surface area contributed by atoms with Gasteiger partial charge in [0.1, 0.15) is 5.69 Å². The third-order valence-electron chi connectivity index (χ3n) is 2.41. The van der Waals surface area contributed by atoms with Crippen LogP contribution in [0.25, 0.3) is 11.5 Å². The Bertz CT molecular complexity index is 405. The van der Waals surface area contributed by atoms with Gasteiger partial charge in [-0.15, -0.1) is 0 Å². The first-order valence-electron chi connectivity index (χ1n) is 5.13. The maximum absolute atomic E-state index is 5.86. The first-order chi connectivity index (χ1) is 7.29. The van der Waals surface area contributed by atoms with Gasteiger partial charge in [-0.2, -0.15) is 5.10 Å². The molecule has 0 aliphatic carbocycles. The average molecular weight is 205 g/mol. The maximum Gasteiger partial charge on any atom is 0.154 e. The summed E-state index contributed by atoms with van der Waals surface area (Å²) in [4.78, 5) is 0. The van der Waals surface area contributed by atoms with Crippen LogP contribution in [0.5, 0.6) is 0 Å². The summed E-state index contributed by atoms with van der Waals surface area (Å²) in [5.41, 5.74) is 7.75. The lowest BCUT2D eigenvalue weighted by Gasteiger charge is -2.04. The first-order valence-corrected chi connectivity index (χ1v) is 5.13. The van der Waals surface area contributed by atoms with Crippen LogP contribution in [0.3, 0.4) is 0 Å². The normalized spacial score (nSPS) is 12.9. The molecule has 3 N–H and O–H groups in total. The van der Waals surface area contributed by atoms with Crippen LogP contribution in [0.4, 0.5) is 0 Å². The van der Waals surface area contributed by atoms with Crippen molar-refractivity contribution < 1.29 is 4.42 Å². The monoisotopic (exact) mass is 205 g/mol. The van der Waals surface area contributed by atoms with Gasteiger partial charge in [0.05, 0.1) is 6.26 Å². The number of furan rings is 1. The van der Waals surface area contributed by atoms with E-state index in [1.807, 2.05) is 18.2 Å². The summed E-state index contributed by atoms with van der Waals surface area (Å²) in [5, 5.41) is 7.14. The van der Waals surface area contributed by atoms with Crippen LogP contribution in [0.2, 0.25) is 0 Å². The van der Waals surface area contributed by atoms with Gasteiger partial charge in [-0.3, -0.25) is 5.10 Å². The Morgan fingerprint density at radius 3 is 3.13 bits per heavy atom. The van der Waals surface area contributed by atoms with Gasteiger partial charge in [-0.05, 0) is 24.6 Å². The van der Waals surface area contributed by atoms with E-state index in [1.54, 1.807) is 6.26 Å². The van der Waals surface area contributed by atoms with Crippen molar-refractivity contribution in [3.05, 3.63) is 30.2 Å². The second-order valence-corrected chi connectivity index (χ2v) is 3.63. The fraction of sp³-hybridized carbons (Fsp3) is 0.364. The van der Waals surface area contributed by atoms with E-state index >= 15 is 0 Å². The van der Waals surface area contributed by atoms with E-state index in [4.69, 9.17) is 10.2 Å². The van der Waals surface area contributed by atoms with Gasteiger partial charge >= 0.3 is 0 Å². The van der Waals surface area contributed by atoms with Crippen LogP contribution in [0.1, 0.15) is 19.0 Å². The van der Waals surface area contributed by atoms with Crippen molar-refractivity contribution in [1.82, 2.24) is 10.2 Å². The first kappa shape index (κ1) is 9.98. The number of aromatic nitrogens is 2. The van der Waals surface area contributed by atoms with E-state index in [-0.39, 0.29) is 6.04 Å². The van der Waals surface area contributed by atoms with E-state index in [1.165, 1.54) is 0 Å². The van der Waals surface area contributed by atoms with Gasteiger partial charge < -0.3 is 10.2 Å². The molecule has 4 nitrogen and oxygen atoms in total. The number of hydrogen-bond acceptors (Lipinski definition) is 3. The second kappa shape index (κ2) is 4.31. The zero-order valence-electron chi connectivity index (χ0n) is 8.73. The number of aromatic amines is 1. The van der Waals surface area contributed by atoms with Crippen LogP contribution in [0.15, 0.2) is 28.9 Å². The standard InChI is InChI=1S/C11H15N3O/c1-2-8(12)6-9-7-10(14-13-9)11-4-3-5-15-11/h3-5,7-8H,2,6,12H2,1H3,(H,13,14). The van der Waals surface area contributed by atoms with Crippen molar-refractivity contribution in [2.24, 2.45) is 5.73 Å². The largest absolute Gasteiger partial charge is 0.463 e. The number of nitrogens with one attached hydrogen (secondary N) is 1. The maximum atomic E-state index is 5.86. The molecule has 1 atom stereocenters. The molecule has 0 amide bonds. The Kier molecular flexibility index (Phi) is 2.87. The van der Waals surface area contributed by atoms with Gasteiger partial charge in [0, 0.05) is 18.2 Å². The zero-order valence-corrected chi connectivity index (χ0v) is 8.73. The molecule has 1 unspecified atom stereocenters. The smallest absolute Gasteiger partial charge is 0.154 e. The topological polar surface area (TPSA) is 67.8 Å². The predicted octanol–water partition coefficient (Wildman–Crippen LogP) is 1.95. The molecule has 0 fully saturated rings. The minimum Gasteiger partial charge on any atom is -0.463 e. The van der Waals surface area contributed by atoms with E-state index in [0.29, 0.717) is 0 Å². The summed E-state index contributed by atoms with van der Waals surface area (Å²) in [6.07, 6.45) is 3.43. The minimum atomic E-state index is 0.190. The molecule has 2 aromatic rings. The summed E-state index contributed by atoms with van der Waals surface area (Å²) in [6.45, 7) is 2.08. The fourth-order valence-electron chi connectivity index (χ4n) is 1.44. The molecule has 4 heteroatoms. The van der Waals surface area contributed by atoms with Gasteiger partial charge in [0.15, 0.2) is 5.76 Å². The van der Waals surface area contributed by atoms with Crippen LogP contribution in [-0.2, 0) is 6.42 Å². The number of H-pyrrole nitrogens is 1. The van der Waals surface area contributed by atoms with Gasteiger partial charge in [-0.25, -0.2) is 0 Å². The quantitative estimate of drug-likeness (QED) is 0.801. The summed E-state index contributed by atoms with van der Waals surface area (Å²) >= 11 is 0. The van der Waals surface area contributed by atoms with Crippen molar-refractivity contribution in [1.29, 1.82) is 0 Å². The molecule has 2 rings (SSSR count). The van der Waals surface area contributed by atoms with Crippen molar-refractivity contribution in [3.63, 3.8) is 0 Å². The van der Waals surface area contributed by atoms with Crippen LogP contribution >= 0.6 is 0 Å². The van der Waals surface area contributed by atoms with Crippen LogP contribution < -0.4 is 5.73 Å². The fourth-order valence-corrected chi connectivity index (χ4v) is 1.44. The Labute approximate surface area is 88.5 Å². The lowest BCUT2D eigenvalue weighted by molar-refractivity contribution is 0.580. The van der Waals surface area contributed by atoms with E-state index < -0.39 is 0 Å². The third kappa shape index (κ3) is 2.27. The number of nitrogens with two attached hydrogens (primary N) is 1. The molecule has 0 bridgehead atoms. The second-order valence-electron chi connectivity index (χ2n) is 3.63. The van der Waals surface area contributed by atoms with Gasteiger partial charge in [0.25, 0.3) is 0 Å². The highest BCUT2D eigenvalue weighted by molar-refractivity contribution is 5.51. The summed E-state index contributed by atoms with van der Waals surface area (Å²) < 4.78 is 5.25. The number of rotatable bonds is 4. The predicted molar refractivity (Wildman–Crippen MR) is 58.3 cm³/mol. The van der Waals surface area contributed by atoms with Crippen LogP contribution in [0, 0.1) is 0 Å². The van der Waals surface area contributed by atoms with Crippen molar-refractivity contribution in [2.45, 2.75) is 25.8 Å². The molecule has 0 aromatic carbocycles. The molecule has 15 heavy (non-hydrogen) atoms. The Hall–Kier alpha value is -1.55. The third-order valence-corrected chi connectivity index (χ3v) is 2.41. The van der Waals surface area contributed by atoms with E-state index in [9.17, 15) is 0 Å². The molecule has 0 radical (unpaired) electrons. The Morgan fingerprint density at radius 2 is 2.47 bits per heavy atom. The van der Waals surface area contributed by atoms with E-state index in [2.05, 4.69) is 17.1 Å². The zero-order chi connectivity index (χ0) is 10.7. The highest BCUT2D eigenvalue weighted by Crippen LogP contribution is 2.18. The Morgan fingerprint density at radius 1 is 1.60 bits per heavy atom. The van der Waals surface area contributed by atoms with Gasteiger partial charge in [0.2, 0.25) is 0 Å². The number of hydrogen-bond donors (Lipinski definition) is 2. The highest BCUT2D eigenvalue weighted by Gasteiger charge is 2.08. The van der Waals surface area contributed by atoms with Crippen LogP contribution in [-0.4, -0.2) is 16.2 Å². The molecule has 0 aliphatic rings. The lowest BCUT2D eigenvalue weighted by Crippen LogP contribution is -2.21. The summed E-state index contributed by atoms with van der Waals surface area (Å²) in [6, 6.07) is 5.91. The molecule has 80 valence electrons. The molecule has 2 heterocycles. The summed E-state index contributed by atoms with van der Waals surface area (Å²) in [5.74, 6) is 0.780. The van der Waals surface area contributed by atoms with E-state index in [0.717, 1.165) is 30.0 Å². The minimum absolute atomic E-state index is 0.190. The molecule has 0 saturated carbocycles. The lowest BCUT2D eigenvalue weighted by atomic mass is 10.1. The highest BCUT2D eigenvalue weighted by atomic mass is 16.3. The molecule has 0 saturated heterocycles. The summed E-state index contributed by atoms with van der Waals surface area (Å²) in [7, 11) is 0. The van der Waals surface area contributed by atoms with Crippen molar-refractivity contribution >= 4 is 0 Å². The SMILES string of the molecule is CCC(N)Cc1cc(-c2ccco2)n[nH]1. The molecule has 0 aliphatic heterocycles. The average Bonchev–Trinajstić information content (AvgIpc) is 2.85. The molecule has 2 aromatic heterocycles. The number of nitrogens with zero attached hydrogens (tertiary/aromatic N) is 1. The molecular formula is C11H15N3O. The van der Waals surface area contributed by atoms with Crippen molar-refractivity contribution in [3.8, 4) is 11.5 Å². The Balaban J connectivity index is 2.11. The molecule has 0 spiro atoms. The van der Waals surface area contributed by atoms with Crippen molar-refractivity contribution in [2.75, 3.05) is 0 Å². The van der Waals surface area contributed by atoms with Gasteiger partial charge in [-0.1, -0.05) is 6.92 Å². The molecular weight excluding hydrogens is 190 g/mol.